The molecule has 178 valence electrons. The van der Waals surface area contributed by atoms with Gasteiger partial charge in [-0.1, -0.05) is 12.1 Å². The predicted octanol–water partition coefficient (Wildman–Crippen LogP) is 1.97. The van der Waals surface area contributed by atoms with Crippen molar-refractivity contribution in [3.05, 3.63) is 29.8 Å². The van der Waals surface area contributed by atoms with E-state index in [-0.39, 0.29) is 23.9 Å². The lowest BCUT2D eigenvalue weighted by molar-refractivity contribution is -0.138. The summed E-state index contributed by atoms with van der Waals surface area (Å²) in [5.41, 5.74) is 0.302. The van der Waals surface area contributed by atoms with Crippen molar-refractivity contribution >= 4 is 11.9 Å². The fourth-order valence-corrected chi connectivity index (χ4v) is 4.58. The Labute approximate surface area is 191 Å². The zero-order chi connectivity index (χ0) is 23.1. The van der Waals surface area contributed by atoms with Crippen LogP contribution in [0.3, 0.4) is 0 Å². The molecule has 0 atom stereocenters. The standard InChI is InChI=1S/C24H38N4O4/c1-24(2,31)17-27-12-14-28(15-13-27)22(29)19-6-8-20(9-7-19)26-23(30)25-16-18-4-10-21(32-3)11-5-18/h4-5,10-11,19-20,31H,6-9,12-17H2,1-3H3,(H2,25,26,30). The van der Waals surface area contributed by atoms with Gasteiger partial charge in [-0.05, 0) is 57.2 Å². The minimum atomic E-state index is -0.710. The van der Waals surface area contributed by atoms with Crippen molar-refractivity contribution in [3.8, 4) is 5.75 Å². The second-order valence-corrected chi connectivity index (χ2v) is 9.64. The van der Waals surface area contributed by atoms with Crippen LogP contribution < -0.4 is 15.4 Å². The molecule has 0 aromatic heterocycles. The highest BCUT2D eigenvalue weighted by Gasteiger charge is 2.32. The number of hydrogen-bond acceptors (Lipinski definition) is 5. The zero-order valence-corrected chi connectivity index (χ0v) is 19.6. The van der Waals surface area contributed by atoms with E-state index in [1.165, 1.54) is 0 Å². The fraction of sp³-hybridized carbons (Fsp3) is 0.667. The van der Waals surface area contributed by atoms with Gasteiger partial charge in [-0.25, -0.2) is 4.79 Å². The molecule has 0 radical (unpaired) electrons. The molecule has 1 saturated carbocycles. The van der Waals surface area contributed by atoms with E-state index in [1.54, 1.807) is 7.11 Å². The molecular formula is C24H38N4O4. The first-order valence-electron chi connectivity index (χ1n) is 11.6. The van der Waals surface area contributed by atoms with Gasteiger partial charge in [-0.2, -0.15) is 0 Å². The van der Waals surface area contributed by atoms with Gasteiger partial charge >= 0.3 is 6.03 Å². The van der Waals surface area contributed by atoms with Crippen LogP contribution in [0.25, 0.3) is 0 Å². The highest BCUT2D eigenvalue weighted by atomic mass is 16.5. The third-order valence-electron chi connectivity index (χ3n) is 6.32. The Bertz CT molecular complexity index is 746. The number of aliphatic hydroxyl groups is 1. The number of rotatable bonds is 7. The molecule has 3 rings (SSSR count). The number of methoxy groups -OCH3 is 1. The number of benzene rings is 1. The largest absolute Gasteiger partial charge is 0.497 e. The Kier molecular flexibility index (Phi) is 8.37. The molecule has 1 aliphatic carbocycles. The summed E-state index contributed by atoms with van der Waals surface area (Å²) < 4.78 is 5.14. The van der Waals surface area contributed by atoms with E-state index >= 15 is 0 Å². The van der Waals surface area contributed by atoms with Gasteiger partial charge in [-0.15, -0.1) is 0 Å². The van der Waals surface area contributed by atoms with Crippen LogP contribution in [0.4, 0.5) is 4.79 Å². The minimum absolute atomic E-state index is 0.0521. The Morgan fingerprint density at radius 2 is 1.69 bits per heavy atom. The van der Waals surface area contributed by atoms with Crippen LogP contribution in [0.2, 0.25) is 0 Å². The van der Waals surface area contributed by atoms with Gasteiger partial charge in [0.1, 0.15) is 5.75 Å². The predicted molar refractivity (Wildman–Crippen MR) is 123 cm³/mol. The number of nitrogens with zero attached hydrogens (tertiary/aromatic N) is 2. The van der Waals surface area contributed by atoms with Crippen molar-refractivity contribution in [2.24, 2.45) is 5.92 Å². The molecule has 3 amide bonds. The number of amides is 3. The summed E-state index contributed by atoms with van der Waals surface area (Å²) in [5, 5.41) is 15.9. The lowest BCUT2D eigenvalue weighted by atomic mass is 9.85. The first kappa shape index (κ1) is 24.3. The van der Waals surface area contributed by atoms with Gasteiger partial charge in [0.15, 0.2) is 0 Å². The van der Waals surface area contributed by atoms with E-state index in [4.69, 9.17) is 4.74 Å². The van der Waals surface area contributed by atoms with Gasteiger partial charge in [0, 0.05) is 51.2 Å². The lowest BCUT2D eigenvalue weighted by Crippen LogP contribution is -2.53. The highest BCUT2D eigenvalue weighted by Crippen LogP contribution is 2.26. The summed E-state index contributed by atoms with van der Waals surface area (Å²) in [6.45, 7) is 7.78. The maximum absolute atomic E-state index is 12.9. The van der Waals surface area contributed by atoms with E-state index in [9.17, 15) is 14.7 Å². The Morgan fingerprint density at radius 1 is 1.06 bits per heavy atom. The molecule has 1 aliphatic heterocycles. The van der Waals surface area contributed by atoms with Crippen molar-refractivity contribution in [2.75, 3.05) is 39.8 Å². The molecule has 32 heavy (non-hydrogen) atoms. The highest BCUT2D eigenvalue weighted by molar-refractivity contribution is 5.79. The van der Waals surface area contributed by atoms with Crippen molar-refractivity contribution in [1.29, 1.82) is 0 Å². The number of carbonyl (C=O) groups excluding carboxylic acids is 2. The van der Waals surface area contributed by atoms with Crippen LogP contribution in [0.1, 0.15) is 45.1 Å². The van der Waals surface area contributed by atoms with E-state index in [0.29, 0.717) is 13.1 Å². The number of hydrogen-bond donors (Lipinski definition) is 3. The van der Waals surface area contributed by atoms with Gasteiger partial charge < -0.3 is 25.4 Å². The average Bonchev–Trinajstić information content (AvgIpc) is 2.77. The molecule has 0 spiro atoms. The number of β-amino-alcohol motifs (C(OH)–C–C–N with tert-alkyl or cyclic N) is 1. The van der Waals surface area contributed by atoms with Crippen molar-refractivity contribution in [2.45, 2.75) is 57.7 Å². The normalized spacial score (nSPS) is 22.3. The molecule has 0 bridgehead atoms. The molecule has 1 aromatic carbocycles. The molecule has 3 N–H and O–H groups in total. The summed E-state index contributed by atoms with van der Waals surface area (Å²) in [5.74, 6) is 1.09. The van der Waals surface area contributed by atoms with Crippen LogP contribution in [-0.4, -0.2) is 78.3 Å². The van der Waals surface area contributed by atoms with E-state index < -0.39 is 5.60 Å². The van der Waals surface area contributed by atoms with Crippen LogP contribution in [0.5, 0.6) is 5.75 Å². The van der Waals surface area contributed by atoms with E-state index in [2.05, 4.69) is 15.5 Å². The zero-order valence-electron chi connectivity index (χ0n) is 19.6. The molecule has 2 aliphatic rings. The van der Waals surface area contributed by atoms with Crippen molar-refractivity contribution in [1.82, 2.24) is 20.4 Å². The quantitative estimate of drug-likeness (QED) is 0.595. The van der Waals surface area contributed by atoms with Gasteiger partial charge in [-0.3, -0.25) is 9.69 Å². The molecule has 1 saturated heterocycles. The third kappa shape index (κ3) is 7.38. The minimum Gasteiger partial charge on any atom is -0.497 e. The number of nitrogens with one attached hydrogen (secondary N) is 2. The molecule has 0 unspecified atom stereocenters. The van der Waals surface area contributed by atoms with Crippen LogP contribution in [0, 0.1) is 5.92 Å². The number of urea groups is 1. The molecule has 8 nitrogen and oxygen atoms in total. The summed E-state index contributed by atoms with van der Waals surface area (Å²) in [6.07, 6.45) is 3.27. The van der Waals surface area contributed by atoms with Gasteiger partial charge in [0.05, 0.1) is 12.7 Å². The SMILES string of the molecule is COc1ccc(CNC(=O)NC2CCC(C(=O)N3CCN(CC(C)(C)O)CC3)CC2)cc1. The van der Waals surface area contributed by atoms with Gasteiger partial charge in [0.2, 0.25) is 5.91 Å². The summed E-state index contributed by atoms with van der Waals surface area (Å²) in [4.78, 5) is 29.4. The second-order valence-electron chi connectivity index (χ2n) is 9.64. The molecular weight excluding hydrogens is 408 g/mol. The molecule has 2 fully saturated rings. The van der Waals surface area contributed by atoms with Gasteiger partial charge in [0.25, 0.3) is 0 Å². The topological polar surface area (TPSA) is 94.1 Å². The Morgan fingerprint density at radius 3 is 2.25 bits per heavy atom. The summed E-state index contributed by atoms with van der Waals surface area (Å²) in [7, 11) is 1.63. The second kappa shape index (κ2) is 11.0. The first-order chi connectivity index (χ1) is 15.2. The van der Waals surface area contributed by atoms with Crippen molar-refractivity contribution < 1.29 is 19.4 Å². The van der Waals surface area contributed by atoms with E-state index in [1.807, 2.05) is 43.0 Å². The summed E-state index contributed by atoms with van der Waals surface area (Å²) >= 11 is 0. The van der Waals surface area contributed by atoms with Crippen LogP contribution >= 0.6 is 0 Å². The maximum Gasteiger partial charge on any atom is 0.315 e. The average molecular weight is 447 g/mol. The smallest absolute Gasteiger partial charge is 0.315 e. The van der Waals surface area contributed by atoms with Crippen LogP contribution in [-0.2, 0) is 11.3 Å². The van der Waals surface area contributed by atoms with Crippen molar-refractivity contribution in [3.63, 3.8) is 0 Å². The monoisotopic (exact) mass is 446 g/mol. The lowest BCUT2D eigenvalue weighted by Gasteiger charge is -2.39. The number of piperazine rings is 1. The number of carbonyl (C=O) groups is 2. The molecule has 8 heteroatoms. The molecule has 1 heterocycles. The maximum atomic E-state index is 12.9. The molecule has 1 aromatic rings. The van der Waals surface area contributed by atoms with Crippen LogP contribution in [0.15, 0.2) is 24.3 Å². The summed E-state index contributed by atoms with van der Waals surface area (Å²) in [6, 6.07) is 7.55. The number of ether oxygens (including phenoxy) is 1. The Hall–Kier alpha value is -2.32. The first-order valence-corrected chi connectivity index (χ1v) is 11.6. The third-order valence-corrected chi connectivity index (χ3v) is 6.32. The fourth-order valence-electron chi connectivity index (χ4n) is 4.58. The Balaban J connectivity index is 1.34. The van der Waals surface area contributed by atoms with E-state index in [0.717, 1.165) is 63.2 Å².